The van der Waals surface area contributed by atoms with Gasteiger partial charge in [0.15, 0.2) is 0 Å². The number of amides is 2. The van der Waals surface area contributed by atoms with Crippen LogP contribution in [0.4, 0.5) is 22.4 Å². The van der Waals surface area contributed by atoms with Crippen molar-refractivity contribution in [3.05, 3.63) is 71.0 Å². The Hall–Kier alpha value is -2.65. The molecule has 9 heteroatoms. The van der Waals surface area contributed by atoms with Gasteiger partial charge in [0.25, 0.3) is 0 Å². The van der Waals surface area contributed by atoms with E-state index in [9.17, 15) is 22.4 Å². The minimum absolute atomic E-state index is 0.00468. The van der Waals surface area contributed by atoms with E-state index in [1.54, 1.807) is 12.1 Å². The lowest BCUT2D eigenvalue weighted by Gasteiger charge is -2.34. The molecule has 0 aliphatic carbocycles. The summed E-state index contributed by atoms with van der Waals surface area (Å²) in [7, 11) is 1.40. The number of nitrogens with zero attached hydrogens (tertiary/aromatic N) is 1. The normalized spacial score (nSPS) is 18.2. The summed E-state index contributed by atoms with van der Waals surface area (Å²) in [6.45, 7) is 0.759. The van der Waals surface area contributed by atoms with Gasteiger partial charge < -0.3 is 19.7 Å². The molecule has 2 aromatic carbocycles. The fourth-order valence-corrected chi connectivity index (χ4v) is 3.30. The number of alkyl halides is 3. The molecule has 0 radical (unpaired) electrons. The van der Waals surface area contributed by atoms with Crippen molar-refractivity contribution in [1.82, 2.24) is 10.2 Å². The Morgan fingerprint density at radius 1 is 1.27 bits per heavy atom. The molecule has 0 spiro atoms. The first-order valence-electron chi connectivity index (χ1n) is 9.36. The maximum atomic E-state index is 13.5. The van der Waals surface area contributed by atoms with Gasteiger partial charge in [-0.1, -0.05) is 24.3 Å². The van der Waals surface area contributed by atoms with E-state index in [0.29, 0.717) is 12.1 Å². The first-order valence-corrected chi connectivity index (χ1v) is 9.36. The summed E-state index contributed by atoms with van der Waals surface area (Å²) in [5, 5.41) is 2.73. The van der Waals surface area contributed by atoms with E-state index >= 15 is 0 Å². The maximum Gasteiger partial charge on any atom is 0.416 e. The Morgan fingerprint density at radius 2 is 2.03 bits per heavy atom. The third-order valence-electron chi connectivity index (χ3n) is 4.82. The Balaban J connectivity index is 1.72. The first-order chi connectivity index (χ1) is 14.3. The van der Waals surface area contributed by atoms with Crippen LogP contribution in [0, 0.1) is 5.82 Å². The van der Waals surface area contributed by atoms with Crippen LogP contribution in [-0.4, -0.2) is 44.3 Å². The number of hydrogen-bond acceptors (Lipinski definition) is 3. The number of ether oxygens (including phenoxy) is 2. The van der Waals surface area contributed by atoms with E-state index in [2.05, 4.69) is 5.32 Å². The summed E-state index contributed by atoms with van der Waals surface area (Å²) in [5.41, 5.74) is 0.0988. The zero-order valence-corrected chi connectivity index (χ0v) is 16.3. The van der Waals surface area contributed by atoms with E-state index in [4.69, 9.17) is 9.47 Å². The molecule has 5 nitrogen and oxygen atoms in total. The number of hydrogen-bond donors (Lipinski definition) is 1. The number of carbonyl (C=O) groups excluding carboxylic acids is 1. The van der Waals surface area contributed by atoms with Gasteiger partial charge in [0, 0.05) is 13.7 Å². The average Bonchev–Trinajstić information content (AvgIpc) is 2.73. The van der Waals surface area contributed by atoms with Gasteiger partial charge in [-0.2, -0.15) is 13.2 Å². The number of methoxy groups -OCH3 is 1. The van der Waals surface area contributed by atoms with Gasteiger partial charge >= 0.3 is 12.2 Å². The van der Waals surface area contributed by atoms with Crippen molar-refractivity contribution in [1.29, 1.82) is 0 Å². The number of carbonyl (C=O) groups is 1. The molecule has 0 bridgehead atoms. The Morgan fingerprint density at radius 3 is 2.73 bits per heavy atom. The number of rotatable bonds is 5. The van der Waals surface area contributed by atoms with E-state index < -0.39 is 35.7 Å². The molecule has 1 N–H and O–H groups in total. The molecule has 2 aromatic rings. The summed E-state index contributed by atoms with van der Waals surface area (Å²) in [5.74, 6) is -0.401. The average molecular weight is 426 g/mol. The van der Waals surface area contributed by atoms with Crippen LogP contribution in [0.1, 0.15) is 28.8 Å². The lowest BCUT2D eigenvalue weighted by molar-refractivity contribution is -0.137. The van der Waals surface area contributed by atoms with Gasteiger partial charge in [0.2, 0.25) is 0 Å². The van der Waals surface area contributed by atoms with E-state index in [1.807, 2.05) is 0 Å². The summed E-state index contributed by atoms with van der Waals surface area (Å²) in [4.78, 5) is 14.3. The van der Waals surface area contributed by atoms with Crippen LogP contribution in [0.5, 0.6) is 0 Å². The molecule has 0 aromatic heterocycles. The highest BCUT2D eigenvalue weighted by atomic mass is 19.4. The zero-order chi connectivity index (χ0) is 21.7. The minimum atomic E-state index is -4.49. The van der Waals surface area contributed by atoms with Crippen molar-refractivity contribution < 1.29 is 31.8 Å². The second-order valence-corrected chi connectivity index (χ2v) is 6.94. The molecule has 2 atom stereocenters. The smallest absolute Gasteiger partial charge is 0.382 e. The minimum Gasteiger partial charge on any atom is -0.382 e. The van der Waals surface area contributed by atoms with Gasteiger partial charge in [0.1, 0.15) is 11.9 Å². The molecule has 1 saturated heterocycles. The summed E-state index contributed by atoms with van der Waals surface area (Å²) in [6.07, 6.45) is -4.98. The van der Waals surface area contributed by atoms with Crippen LogP contribution in [0.25, 0.3) is 0 Å². The number of urea groups is 1. The highest BCUT2D eigenvalue weighted by molar-refractivity contribution is 5.75. The van der Waals surface area contributed by atoms with Gasteiger partial charge in [0.05, 0.1) is 31.4 Å². The van der Waals surface area contributed by atoms with Crippen molar-refractivity contribution >= 4 is 6.03 Å². The summed E-state index contributed by atoms with van der Waals surface area (Å²) < 4.78 is 63.4. The van der Waals surface area contributed by atoms with Crippen LogP contribution in [0.3, 0.4) is 0 Å². The van der Waals surface area contributed by atoms with Gasteiger partial charge in [-0.3, -0.25) is 0 Å². The van der Waals surface area contributed by atoms with E-state index in [0.717, 1.165) is 12.1 Å². The lowest BCUT2D eigenvalue weighted by atomic mass is 10.0. The van der Waals surface area contributed by atoms with Crippen molar-refractivity contribution in [2.45, 2.75) is 18.3 Å². The molecule has 2 amide bonds. The fourth-order valence-electron chi connectivity index (χ4n) is 3.30. The molecule has 3 rings (SSSR count). The molecule has 1 heterocycles. The maximum absolute atomic E-state index is 13.5. The highest BCUT2D eigenvalue weighted by Crippen LogP contribution is 2.31. The quantitative estimate of drug-likeness (QED) is 0.725. The molecule has 0 saturated carbocycles. The molecule has 30 heavy (non-hydrogen) atoms. The molecular formula is C21H22F4N2O3. The van der Waals surface area contributed by atoms with E-state index in [-0.39, 0.29) is 25.3 Å². The monoisotopic (exact) mass is 426 g/mol. The van der Waals surface area contributed by atoms with Crippen LogP contribution in [0.15, 0.2) is 48.5 Å². The summed E-state index contributed by atoms with van der Waals surface area (Å²) in [6, 6.07) is 9.50. The SMILES string of the molecule is COCC(NC(=O)N1CCOC(c2cccc(F)c2)C1)c1cccc(C(F)(F)F)c1. The Labute approximate surface area is 171 Å². The first kappa shape index (κ1) is 22.0. The molecule has 2 unspecified atom stereocenters. The Kier molecular flexibility index (Phi) is 6.94. The van der Waals surface area contributed by atoms with Gasteiger partial charge in [-0.05, 0) is 35.4 Å². The van der Waals surface area contributed by atoms with Gasteiger partial charge in [-0.15, -0.1) is 0 Å². The zero-order valence-electron chi connectivity index (χ0n) is 16.3. The number of nitrogens with one attached hydrogen (secondary N) is 1. The number of morpholine rings is 1. The van der Waals surface area contributed by atoms with Crippen LogP contribution < -0.4 is 5.32 Å². The van der Waals surface area contributed by atoms with Crippen molar-refractivity contribution in [3.8, 4) is 0 Å². The fraction of sp³-hybridized carbons (Fsp3) is 0.381. The topological polar surface area (TPSA) is 50.8 Å². The third-order valence-corrected chi connectivity index (χ3v) is 4.82. The number of halogens is 4. The lowest BCUT2D eigenvalue weighted by Crippen LogP contribution is -2.48. The van der Waals surface area contributed by atoms with Crippen LogP contribution in [0.2, 0.25) is 0 Å². The summed E-state index contributed by atoms with van der Waals surface area (Å²) >= 11 is 0. The third kappa shape index (κ3) is 5.48. The molecule has 1 fully saturated rings. The molecule has 1 aliphatic heterocycles. The largest absolute Gasteiger partial charge is 0.416 e. The standard InChI is InChI=1S/C21H22F4N2O3/c1-29-13-18(14-4-2-6-16(10-14)21(23,24)25)26-20(28)27-8-9-30-19(12-27)15-5-3-7-17(22)11-15/h2-7,10-11,18-19H,8-9,12-13H2,1H3,(H,26,28). The highest BCUT2D eigenvalue weighted by Gasteiger charge is 2.32. The molecule has 1 aliphatic rings. The predicted octanol–water partition coefficient (Wildman–Crippen LogP) is 4.32. The second-order valence-electron chi connectivity index (χ2n) is 6.94. The van der Waals surface area contributed by atoms with Crippen LogP contribution >= 0.6 is 0 Å². The van der Waals surface area contributed by atoms with Crippen molar-refractivity contribution in [2.24, 2.45) is 0 Å². The van der Waals surface area contributed by atoms with E-state index in [1.165, 1.54) is 36.3 Å². The molecular weight excluding hydrogens is 404 g/mol. The van der Waals surface area contributed by atoms with Crippen molar-refractivity contribution in [3.63, 3.8) is 0 Å². The predicted molar refractivity (Wildman–Crippen MR) is 101 cm³/mol. The second kappa shape index (κ2) is 9.44. The Bertz CT molecular complexity index is 875. The van der Waals surface area contributed by atoms with Crippen LogP contribution in [-0.2, 0) is 15.7 Å². The van der Waals surface area contributed by atoms with Gasteiger partial charge in [-0.25, -0.2) is 9.18 Å². The molecule has 162 valence electrons. The number of benzene rings is 2. The van der Waals surface area contributed by atoms with Crippen molar-refractivity contribution in [2.75, 3.05) is 33.4 Å².